The van der Waals surface area contributed by atoms with Crippen molar-refractivity contribution >= 4 is 28.1 Å². The molecule has 0 aliphatic rings. The maximum atomic E-state index is 13.0. The van der Waals surface area contributed by atoms with Crippen LogP contribution in [-0.2, 0) is 6.42 Å². The summed E-state index contributed by atoms with van der Waals surface area (Å²) in [6, 6.07) is 11.6. The molecule has 4 rings (SSSR count). The fourth-order valence-electron chi connectivity index (χ4n) is 2.76. The summed E-state index contributed by atoms with van der Waals surface area (Å²) in [6.45, 7) is 0. The molecule has 4 aromatic rings. The Labute approximate surface area is 165 Å². The van der Waals surface area contributed by atoms with E-state index in [0.29, 0.717) is 5.56 Å². The van der Waals surface area contributed by atoms with E-state index in [1.165, 1.54) is 48.5 Å². The lowest BCUT2D eigenvalue weighted by atomic mass is 10.1. The van der Waals surface area contributed by atoms with E-state index in [1.54, 1.807) is 6.07 Å². The number of halogens is 1. The molecule has 0 amide bonds. The van der Waals surface area contributed by atoms with Crippen molar-refractivity contribution in [2.45, 2.75) is 6.42 Å². The summed E-state index contributed by atoms with van der Waals surface area (Å²) in [6.07, 6.45) is 1.47. The van der Waals surface area contributed by atoms with Gasteiger partial charge in [-0.2, -0.15) is 14.6 Å². The number of nitro groups is 1. The molecule has 144 valence electrons. The van der Waals surface area contributed by atoms with Crippen LogP contribution < -0.4 is 15.7 Å². The number of rotatable bonds is 4. The SMILES string of the molecule is O=c1nc2sc(=Cc3ccccc3[N+](=O)[O-])c(=O)n2nc1Cc1ccc(F)cc1. The molecule has 0 aliphatic carbocycles. The highest BCUT2D eigenvalue weighted by molar-refractivity contribution is 7.15. The van der Waals surface area contributed by atoms with Crippen molar-refractivity contribution in [1.82, 2.24) is 14.6 Å². The first-order valence-electron chi connectivity index (χ1n) is 8.35. The van der Waals surface area contributed by atoms with Crippen LogP contribution in [0.3, 0.4) is 0 Å². The predicted molar refractivity (Wildman–Crippen MR) is 104 cm³/mol. The van der Waals surface area contributed by atoms with Gasteiger partial charge in [-0.15, -0.1) is 0 Å². The van der Waals surface area contributed by atoms with Crippen LogP contribution in [0.1, 0.15) is 16.8 Å². The quantitative estimate of drug-likeness (QED) is 0.374. The first-order chi connectivity index (χ1) is 13.9. The highest BCUT2D eigenvalue weighted by Crippen LogP contribution is 2.18. The molecule has 0 saturated heterocycles. The lowest BCUT2D eigenvalue weighted by Gasteiger charge is -2.00. The summed E-state index contributed by atoms with van der Waals surface area (Å²) in [5.41, 5.74) is -0.315. The van der Waals surface area contributed by atoms with Crippen molar-refractivity contribution in [3.05, 3.63) is 107 Å². The predicted octanol–water partition coefficient (Wildman–Crippen LogP) is 1.70. The molecule has 0 saturated carbocycles. The summed E-state index contributed by atoms with van der Waals surface area (Å²) in [7, 11) is 0. The number of benzene rings is 2. The first kappa shape index (κ1) is 18.6. The number of aromatic nitrogens is 3. The molecular formula is C19H11FN4O4S. The lowest BCUT2D eigenvalue weighted by molar-refractivity contribution is -0.385. The highest BCUT2D eigenvalue weighted by atomic mass is 32.1. The molecule has 8 nitrogen and oxygen atoms in total. The molecule has 2 aromatic heterocycles. The average molecular weight is 410 g/mol. The molecule has 10 heteroatoms. The minimum atomic E-state index is -0.590. The van der Waals surface area contributed by atoms with Crippen molar-refractivity contribution in [2.24, 2.45) is 0 Å². The second-order valence-electron chi connectivity index (χ2n) is 6.09. The number of thiazole rings is 1. The maximum absolute atomic E-state index is 13.0. The third-order valence-electron chi connectivity index (χ3n) is 4.16. The van der Waals surface area contributed by atoms with Crippen LogP contribution in [0.4, 0.5) is 10.1 Å². The van der Waals surface area contributed by atoms with E-state index in [-0.39, 0.29) is 32.9 Å². The van der Waals surface area contributed by atoms with Gasteiger partial charge in [-0.25, -0.2) is 4.39 Å². The van der Waals surface area contributed by atoms with E-state index >= 15 is 0 Å². The third-order valence-corrected chi connectivity index (χ3v) is 5.11. The van der Waals surface area contributed by atoms with E-state index in [2.05, 4.69) is 10.1 Å². The Morgan fingerprint density at radius 3 is 2.59 bits per heavy atom. The van der Waals surface area contributed by atoms with E-state index in [0.717, 1.165) is 15.9 Å². The number of fused-ring (bicyclic) bond motifs is 1. The number of nitrogens with zero attached hydrogens (tertiary/aromatic N) is 4. The van der Waals surface area contributed by atoms with E-state index in [1.807, 2.05) is 0 Å². The molecular weight excluding hydrogens is 399 g/mol. The van der Waals surface area contributed by atoms with Crippen molar-refractivity contribution in [1.29, 1.82) is 0 Å². The Hall–Kier alpha value is -3.79. The first-order valence-corrected chi connectivity index (χ1v) is 9.16. The van der Waals surface area contributed by atoms with Crippen LogP contribution in [0.5, 0.6) is 0 Å². The summed E-state index contributed by atoms with van der Waals surface area (Å²) < 4.78 is 14.2. The van der Waals surface area contributed by atoms with Gasteiger partial charge in [0.15, 0.2) is 0 Å². The molecule has 0 fully saturated rings. The molecule has 2 heterocycles. The van der Waals surface area contributed by atoms with Gasteiger partial charge >= 0.3 is 0 Å². The molecule has 29 heavy (non-hydrogen) atoms. The number of hydrogen-bond acceptors (Lipinski definition) is 7. The molecule has 0 spiro atoms. The van der Waals surface area contributed by atoms with Crippen molar-refractivity contribution in [3.8, 4) is 0 Å². The lowest BCUT2D eigenvalue weighted by Crippen LogP contribution is -2.28. The van der Waals surface area contributed by atoms with Crippen LogP contribution in [0.25, 0.3) is 11.0 Å². The van der Waals surface area contributed by atoms with Gasteiger partial charge in [-0.05, 0) is 29.8 Å². The zero-order valence-electron chi connectivity index (χ0n) is 14.6. The Bertz CT molecular complexity index is 1410. The second kappa shape index (κ2) is 7.32. The maximum Gasteiger partial charge on any atom is 0.296 e. The van der Waals surface area contributed by atoms with Crippen LogP contribution in [0.2, 0.25) is 0 Å². The summed E-state index contributed by atoms with van der Waals surface area (Å²) in [5, 5.41) is 15.3. The second-order valence-corrected chi connectivity index (χ2v) is 7.10. The molecule has 0 atom stereocenters. The molecule has 0 unspecified atom stereocenters. The Morgan fingerprint density at radius 1 is 1.14 bits per heavy atom. The Balaban J connectivity index is 1.83. The zero-order valence-corrected chi connectivity index (χ0v) is 15.4. The largest absolute Gasteiger partial charge is 0.296 e. The summed E-state index contributed by atoms with van der Waals surface area (Å²) in [4.78, 5) is 39.6. The average Bonchev–Trinajstić information content (AvgIpc) is 2.99. The minimum Gasteiger partial charge on any atom is -0.266 e. The van der Waals surface area contributed by atoms with Crippen LogP contribution in [-0.4, -0.2) is 19.5 Å². The van der Waals surface area contributed by atoms with Crippen molar-refractivity contribution in [3.63, 3.8) is 0 Å². The van der Waals surface area contributed by atoms with Gasteiger partial charge in [0.1, 0.15) is 11.5 Å². The molecule has 0 bridgehead atoms. The van der Waals surface area contributed by atoms with Crippen LogP contribution in [0, 0.1) is 15.9 Å². The molecule has 0 aliphatic heterocycles. The number of hydrogen-bond donors (Lipinski definition) is 0. The Kier molecular flexibility index (Phi) is 4.69. The standard InChI is InChI=1S/C19H11FN4O4S/c20-13-7-5-11(6-8-13)9-14-17(25)21-19-23(22-14)18(26)16(29-19)10-12-3-1-2-4-15(12)24(27)28/h1-8,10H,9H2. The minimum absolute atomic E-state index is 0.0428. The summed E-state index contributed by atoms with van der Waals surface area (Å²) >= 11 is 0.919. The van der Waals surface area contributed by atoms with E-state index in [9.17, 15) is 24.1 Å². The van der Waals surface area contributed by atoms with E-state index < -0.39 is 21.9 Å². The van der Waals surface area contributed by atoms with Gasteiger partial charge in [-0.3, -0.25) is 19.7 Å². The van der Waals surface area contributed by atoms with Gasteiger partial charge in [-0.1, -0.05) is 35.6 Å². The van der Waals surface area contributed by atoms with Gasteiger partial charge in [0.2, 0.25) is 4.96 Å². The monoisotopic (exact) mass is 410 g/mol. The van der Waals surface area contributed by atoms with Gasteiger partial charge < -0.3 is 0 Å². The van der Waals surface area contributed by atoms with E-state index in [4.69, 9.17) is 0 Å². The zero-order chi connectivity index (χ0) is 20.5. The number of para-hydroxylation sites is 1. The third kappa shape index (κ3) is 3.65. The van der Waals surface area contributed by atoms with Crippen molar-refractivity contribution in [2.75, 3.05) is 0 Å². The summed E-state index contributed by atoms with van der Waals surface area (Å²) in [5.74, 6) is -0.401. The smallest absolute Gasteiger partial charge is 0.266 e. The van der Waals surface area contributed by atoms with Gasteiger partial charge in [0.25, 0.3) is 16.8 Å². The molecule has 2 aromatic carbocycles. The topological polar surface area (TPSA) is 107 Å². The fourth-order valence-corrected chi connectivity index (χ4v) is 3.66. The highest BCUT2D eigenvalue weighted by Gasteiger charge is 2.14. The molecule has 0 N–H and O–H groups in total. The van der Waals surface area contributed by atoms with Crippen LogP contribution >= 0.6 is 11.3 Å². The van der Waals surface area contributed by atoms with Gasteiger partial charge in [0, 0.05) is 12.5 Å². The number of nitro benzene ring substituents is 1. The Morgan fingerprint density at radius 2 is 1.86 bits per heavy atom. The van der Waals surface area contributed by atoms with Gasteiger partial charge in [0.05, 0.1) is 15.0 Å². The molecule has 0 radical (unpaired) electrons. The fraction of sp³-hybridized carbons (Fsp3) is 0.0526. The van der Waals surface area contributed by atoms with Crippen molar-refractivity contribution < 1.29 is 9.31 Å². The normalized spacial score (nSPS) is 11.8. The van der Waals surface area contributed by atoms with Crippen LogP contribution in [0.15, 0.2) is 58.1 Å².